The molecule has 1 N–H and O–H groups in total. The van der Waals surface area contributed by atoms with Gasteiger partial charge in [0, 0.05) is 23.1 Å². The summed E-state index contributed by atoms with van der Waals surface area (Å²) in [6.07, 6.45) is 2.40. The third kappa shape index (κ3) is 3.91. The fourth-order valence-corrected chi connectivity index (χ4v) is 2.07. The Morgan fingerprint density at radius 2 is 2.24 bits per heavy atom. The zero-order valence-corrected chi connectivity index (χ0v) is 11.5. The van der Waals surface area contributed by atoms with Crippen LogP contribution in [0, 0.1) is 0 Å². The number of alkyl halides is 2. The van der Waals surface area contributed by atoms with Crippen LogP contribution in [0.3, 0.4) is 0 Å². The van der Waals surface area contributed by atoms with Crippen LogP contribution in [0.5, 0.6) is 0 Å². The van der Waals surface area contributed by atoms with E-state index in [0.29, 0.717) is 15.3 Å². The second-order valence-corrected chi connectivity index (χ2v) is 4.69. The number of nitrogens with zero attached hydrogens (tertiary/aromatic N) is 3. The number of rotatable bonds is 6. The van der Waals surface area contributed by atoms with Gasteiger partial charge in [-0.15, -0.1) is 0 Å². The molecule has 1 heterocycles. The number of aromatic nitrogens is 2. The molecule has 0 spiro atoms. The SMILES string of the molecule is O=C(O)CN(Cc1nccn1C(F)F)c1cccc(Cl)c1. The van der Waals surface area contributed by atoms with Crippen molar-refractivity contribution in [2.45, 2.75) is 13.1 Å². The van der Waals surface area contributed by atoms with Gasteiger partial charge >= 0.3 is 12.5 Å². The van der Waals surface area contributed by atoms with E-state index < -0.39 is 12.5 Å². The lowest BCUT2D eigenvalue weighted by Crippen LogP contribution is -2.30. The van der Waals surface area contributed by atoms with Crippen LogP contribution in [0.2, 0.25) is 5.02 Å². The first-order chi connectivity index (χ1) is 9.97. The van der Waals surface area contributed by atoms with Crippen LogP contribution in [0.1, 0.15) is 12.4 Å². The first kappa shape index (κ1) is 15.2. The van der Waals surface area contributed by atoms with Crippen molar-refractivity contribution < 1.29 is 18.7 Å². The van der Waals surface area contributed by atoms with E-state index in [9.17, 15) is 13.6 Å². The lowest BCUT2D eigenvalue weighted by molar-refractivity contribution is -0.135. The number of anilines is 1. The zero-order valence-electron chi connectivity index (χ0n) is 10.8. The van der Waals surface area contributed by atoms with Crippen LogP contribution in [0.15, 0.2) is 36.7 Å². The third-order valence-electron chi connectivity index (χ3n) is 2.79. The third-order valence-corrected chi connectivity index (χ3v) is 3.03. The van der Waals surface area contributed by atoms with Crippen LogP contribution < -0.4 is 4.90 Å². The van der Waals surface area contributed by atoms with E-state index >= 15 is 0 Å². The van der Waals surface area contributed by atoms with Crippen molar-refractivity contribution in [1.29, 1.82) is 0 Å². The topological polar surface area (TPSA) is 58.4 Å². The number of carbonyl (C=O) groups is 1. The van der Waals surface area contributed by atoms with Gasteiger partial charge in [-0.3, -0.25) is 9.36 Å². The van der Waals surface area contributed by atoms with Gasteiger partial charge in [0.25, 0.3) is 0 Å². The molecule has 0 bridgehead atoms. The predicted molar refractivity (Wildman–Crippen MR) is 73.6 cm³/mol. The van der Waals surface area contributed by atoms with Crippen molar-refractivity contribution in [3.05, 3.63) is 47.5 Å². The minimum Gasteiger partial charge on any atom is -0.480 e. The highest BCUT2D eigenvalue weighted by molar-refractivity contribution is 6.30. The molecule has 0 aliphatic carbocycles. The molecule has 0 unspecified atom stereocenters. The summed E-state index contributed by atoms with van der Waals surface area (Å²) in [4.78, 5) is 16.2. The zero-order chi connectivity index (χ0) is 15.4. The molecule has 5 nitrogen and oxygen atoms in total. The van der Waals surface area contributed by atoms with E-state index in [0.717, 1.165) is 6.20 Å². The number of carboxylic acids is 1. The molecule has 0 aliphatic heterocycles. The maximum atomic E-state index is 12.8. The summed E-state index contributed by atoms with van der Waals surface area (Å²) in [7, 11) is 0. The minimum absolute atomic E-state index is 0.0655. The van der Waals surface area contributed by atoms with Gasteiger partial charge in [0.15, 0.2) is 0 Å². The predicted octanol–water partition coefficient (Wildman–Crippen LogP) is 3.02. The van der Waals surface area contributed by atoms with Gasteiger partial charge in [-0.2, -0.15) is 8.78 Å². The van der Waals surface area contributed by atoms with E-state index in [2.05, 4.69) is 4.98 Å². The van der Waals surface area contributed by atoms with Gasteiger partial charge in [0.1, 0.15) is 12.4 Å². The number of aliphatic carboxylic acids is 1. The van der Waals surface area contributed by atoms with Crippen molar-refractivity contribution in [2.75, 3.05) is 11.4 Å². The van der Waals surface area contributed by atoms with Crippen LogP contribution in [-0.2, 0) is 11.3 Å². The van der Waals surface area contributed by atoms with Gasteiger partial charge in [-0.05, 0) is 18.2 Å². The van der Waals surface area contributed by atoms with Gasteiger partial charge in [0.2, 0.25) is 0 Å². The van der Waals surface area contributed by atoms with Crippen molar-refractivity contribution in [3.8, 4) is 0 Å². The molecule has 112 valence electrons. The summed E-state index contributed by atoms with van der Waals surface area (Å²) in [6, 6.07) is 6.53. The highest BCUT2D eigenvalue weighted by atomic mass is 35.5. The van der Waals surface area contributed by atoms with Gasteiger partial charge in [-0.1, -0.05) is 17.7 Å². The Kier molecular flexibility index (Phi) is 4.74. The Balaban J connectivity index is 2.28. The quantitative estimate of drug-likeness (QED) is 0.890. The molecular formula is C13H12ClF2N3O2. The number of imidazole rings is 1. The highest BCUT2D eigenvalue weighted by Crippen LogP contribution is 2.22. The molecular weight excluding hydrogens is 304 g/mol. The lowest BCUT2D eigenvalue weighted by Gasteiger charge is -2.23. The average Bonchev–Trinajstić information content (AvgIpc) is 2.86. The molecule has 0 amide bonds. The molecule has 21 heavy (non-hydrogen) atoms. The molecule has 0 saturated heterocycles. The molecule has 0 aliphatic rings. The molecule has 0 fully saturated rings. The average molecular weight is 316 g/mol. The molecule has 1 aromatic heterocycles. The maximum absolute atomic E-state index is 12.8. The fraction of sp³-hybridized carbons (Fsp3) is 0.231. The van der Waals surface area contributed by atoms with E-state index in [-0.39, 0.29) is 18.9 Å². The lowest BCUT2D eigenvalue weighted by atomic mass is 10.2. The molecule has 0 saturated carbocycles. The Morgan fingerprint density at radius 3 is 2.86 bits per heavy atom. The normalized spacial score (nSPS) is 10.9. The summed E-state index contributed by atoms with van der Waals surface area (Å²) < 4.78 is 26.3. The maximum Gasteiger partial charge on any atom is 0.323 e. The summed E-state index contributed by atoms with van der Waals surface area (Å²) >= 11 is 5.87. The number of carboxylic acid groups (broad SMARTS) is 1. The molecule has 0 radical (unpaired) electrons. The van der Waals surface area contributed by atoms with Crippen LogP contribution >= 0.6 is 11.6 Å². The van der Waals surface area contributed by atoms with Crippen molar-refractivity contribution >= 4 is 23.3 Å². The second kappa shape index (κ2) is 6.53. The van der Waals surface area contributed by atoms with E-state index in [4.69, 9.17) is 16.7 Å². The van der Waals surface area contributed by atoms with E-state index in [1.807, 2.05) is 0 Å². The van der Waals surface area contributed by atoms with Gasteiger partial charge < -0.3 is 10.0 Å². The minimum atomic E-state index is -2.73. The summed E-state index contributed by atoms with van der Waals surface area (Å²) in [6.45, 7) is -3.14. The summed E-state index contributed by atoms with van der Waals surface area (Å²) in [5.41, 5.74) is 0.522. The van der Waals surface area contributed by atoms with Gasteiger partial charge in [-0.25, -0.2) is 4.98 Å². The Hall–Kier alpha value is -2.15. The number of benzene rings is 1. The Morgan fingerprint density at radius 1 is 1.48 bits per heavy atom. The van der Waals surface area contributed by atoms with Gasteiger partial charge in [0.05, 0.1) is 6.54 Å². The van der Waals surface area contributed by atoms with Crippen molar-refractivity contribution in [3.63, 3.8) is 0 Å². The fourth-order valence-electron chi connectivity index (χ4n) is 1.89. The Labute approximate surface area is 124 Å². The molecule has 0 atom stereocenters. The van der Waals surface area contributed by atoms with E-state index in [1.54, 1.807) is 24.3 Å². The number of hydrogen-bond donors (Lipinski definition) is 1. The van der Waals surface area contributed by atoms with Crippen LogP contribution in [0.25, 0.3) is 0 Å². The van der Waals surface area contributed by atoms with Crippen LogP contribution in [0.4, 0.5) is 14.5 Å². The van der Waals surface area contributed by atoms with E-state index in [1.165, 1.54) is 11.1 Å². The molecule has 2 aromatic rings. The number of hydrogen-bond acceptors (Lipinski definition) is 3. The summed E-state index contributed by atoms with van der Waals surface area (Å²) in [5.74, 6) is -1.00. The number of halogens is 3. The molecule has 2 rings (SSSR count). The Bertz CT molecular complexity index is 633. The first-order valence-corrected chi connectivity index (χ1v) is 6.37. The van der Waals surface area contributed by atoms with Crippen molar-refractivity contribution in [1.82, 2.24) is 9.55 Å². The highest BCUT2D eigenvalue weighted by Gasteiger charge is 2.17. The van der Waals surface area contributed by atoms with Crippen LogP contribution in [-0.4, -0.2) is 27.2 Å². The van der Waals surface area contributed by atoms with Crippen molar-refractivity contribution in [2.24, 2.45) is 0 Å². The summed E-state index contributed by atoms with van der Waals surface area (Å²) in [5, 5.41) is 9.40. The smallest absolute Gasteiger partial charge is 0.323 e. The molecule has 8 heteroatoms. The second-order valence-electron chi connectivity index (χ2n) is 4.26. The standard InChI is InChI=1S/C13H12ClF2N3O2/c14-9-2-1-3-10(6-9)18(8-12(20)21)7-11-17-4-5-19(11)13(15)16/h1-6,13H,7-8H2,(H,20,21). The monoisotopic (exact) mass is 315 g/mol. The molecule has 1 aromatic carbocycles. The largest absolute Gasteiger partial charge is 0.480 e. The first-order valence-electron chi connectivity index (χ1n) is 5.99.